The number of nitrogens with zero attached hydrogens (tertiary/aromatic N) is 2. The summed E-state index contributed by atoms with van der Waals surface area (Å²) in [5, 5.41) is 3.87. The van der Waals surface area contributed by atoms with Gasteiger partial charge in [-0.05, 0) is 48.4 Å². The lowest BCUT2D eigenvalue weighted by Crippen LogP contribution is -2.25. The fourth-order valence-electron chi connectivity index (χ4n) is 3.19. The molecule has 1 aliphatic rings. The number of benzene rings is 2. The summed E-state index contributed by atoms with van der Waals surface area (Å²) in [6.07, 6.45) is 0.768. The Morgan fingerprint density at radius 3 is 2.76 bits per heavy atom. The molecule has 0 atom stereocenters. The van der Waals surface area contributed by atoms with Crippen molar-refractivity contribution in [3.8, 4) is 0 Å². The number of anilines is 2. The molecule has 1 aromatic heterocycles. The quantitative estimate of drug-likeness (QED) is 0.783. The second-order valence-electron chi connectivity index (χ2n) is 6.11. The zero-order valence-corrected chi connectivity index (χ0v) is 13.8. The van der Waals surface area contributed by atoms with Crippen molar-refractivity contribution in [1.82, 2.24) is 4.98 Å². The molecular formula is C20H17N3O2. The molecule has 0 saturated heterocycles. The number of carbonyl (C=O) groups is 2. The molecule has 124 valence electrons. The van der Waals surface area contributed by atoms with E-state index in [0.29, 0.717) is 17.9 Å². The van der Waals surface area contributed by atoms with Crippen molar-refractivity contribution >= 4 is 34.2 Å². The van der Waals surface area contributed by atoms with Crippen molar-refractivity contribution < 1.29 is 9.59 Å². The van der Waals surface area contributed by atoms with Crippen molar-refractivity contribution in [2.24, 2.45) is 0 Å². The van der Waals surface area contributed by atoms with Crippen LogP contribution in [-0.2, 0) is 11.2 Å². The van der Waals surface area contributed by atoms with Gasteiger partial charge in [0, 0.05) is 30.1 Å². The summed E-state index contributed by atoms with van der Waals surface area (Å²) in [6.45, 7) is 2.23. The predicted molar refractivity (Wildman–Crippen MR) is 97.9 cm³/mol. The third-order valence-corrected chi connectivity index (χ3v) is 4.46. The minimum absolute atomic E-state index is 0.0244. The molecule has 0 fully saturated rings. The number of amides is 2. The first-order valence-corrected chi connectivity index (χ1v) is 8.20. The maximum atomic E-state index is 12.5. The number of para-hydroxylation sites is 1. The summed E-state index contributed by atoms with van der Waals surface area (Å²) in [7, 11) is 0. The molecule has 0 unspecified atom stereocenters. The van der Waals surface area contributed by atoms with Crippen LogP contribution in [0.25, 0.3) is 10.9 Å². The number of pyridine rings is 1. The Balaban J connectivity index is 1.58. The second kappa shape index (κ2) is 6.02. The fourth-order valence-corrected chi connectivity index (χ4v) is 3.19. The maximum absolute atomic E-state index is 12.5. The van der Waals surface area contributed by atoms with E-state index < -0.39 is 0 Å². The molecule has 25 heavy (non-hydrogen) atoms. The van der Waals surface area contributed by atoms with Gasteiger partial charge in [-0.25, -0.2) is 4.98 Å². The number of rotatable bonds is 2. The van der Waals surface area contributed by atoms with E-state index in [1.807, 2.05) is 42.5 Å². The summed E-state index contributed by atoms with van der Waals surface area (Å²) in [5.74, 6) is 0.345. The molecule has 2 heterocycles. The van der Waals surface area contributed by atoms with E-state index in [0.717, 1.165) is 28.6 Å². The predicted octanol–water partition coefficient (Wildman–Crippen LogP) is 3.40. The van der Waals surface area contributed by atoms with Crippen molar-refractivity contribution in [1.29, 1.82) is 0 Å². The Morgan fingerprint density at radius 1 is 1.08 bits per heavy atom. The van der Waals surface area contributed by atoms with E-state index in [9.17, 15) is 9.59 Å². The lowest BCUT2D eigenvalue weighted by atomic mass is 10.1. The van der Waals surface area contributed by atoms with Gasteiger partial charge in [0.2, 0.25) is 5.91 Å². The van der Waals surface area contributed by atoms with Crippen LogP contribution in [0.2, 0.25) is 0 Å². The molecule has 0 saturated carbocycles. The average molecular weight is 331 g/mol. The SMILES string of the molecule is CC(=O)N1CCc2cc(C(=O)Nc3ccc4ccccc4n3)ccc21. The summed E-state index contributed by atoms with van der Waals surface area (Å²) in [5.41, 5.74) is 3.33. The lowest BCUT2D eigenvalue weighted by molar-refractivity contribution is -0.116. The standard InChI is InChI=1S/C20H17N3O2/c1-13(24)23-11-10-15-12-16(6-8-18(15)23)20(25)22-19-9-7-14-4-2-3-5-17(14)21-19/h2-9,12H,10-11H2,1H3,(H,21,22,25). The van der Waals surface area contributed by atoms with Crippen molar-refractivity contribution in [3.05, 3.63) is 65.7 Å². The number of hydrogen-bond donors (Lipinski definition) is 1. The first-order chi connectivity index (χ1) is 12.1. The molecule has 0 aliphatic carbocycles. The molecule has 4 rings (SSSR count). The highest BCUT2D eigenvalue weighted by molar-refractivity contribution is 6.05. The lowest BCUT2D eigenvalue weighted by Gasteiger charge is -2.14. The summed E-state index contributed by atoms with van der Waals surface area (Å²) in [4.78, 5) is 30.3. The first kappa shape index (κ1) is 15.3. The van der Waals surface area contributed by atoms with Crippen LogP contribution < -0.4 is 10.2 Å². The Hall–Kier alpha value is -3.21. The number of nitrogens with one attached hydrogen (secondary N) is 1. The van der Waals surface area contributed by atoms with Gasteiger partial charge >= 0.3 is 0 Å². The highest BCUT2D eigenvalue weighted by Gasteiger charge is 2.23. The zero-order valence-electron chi connectivity index (χ0n) is 13.8. The van der Waals surface area contributed by atoms with Crippen LogP contribution in [0.1, 0.15) is 22.8 Å². The molecule has 2 amide bonds. The van der Waals surface area contributed by atoms with E-state index in [-0.39, 0.29) is 11.8 Å². The highest BCUT2D eigenvalue weighted by Crippen LogP contribution is 2.29. The van der Waals surface area contributed by atoms with Crippen LogP contribution in [0, 0.1) is 0 Å². The second-order valence-corrected chi connectivity index (χ2v) is 6.11. The number of carbonyl (C=O) groups excluding carboxylic acids is 2. The van der Waals surface area contributed by atoms with Gasteiger partial charge in [0.25, 0.3) is 5.91 Å². The van der Waals surface area contributed by atoms with Gasteiger partial charge in [-0.1, -0.05) is 18.2 Å². The summed E-state index contributed by atoms with van der Waals surface area (Å²) < 4.78 is 0. The van der Waals surface area contributed by atoms with Crippen LogP contribution >= 0.6 is 0 Å². The van der Waals surface area contributed by atoms with Gasteiger partial charge in [0.05, 0.1) is 5.52 Å². The Kier molecular flexibility index (Phi) is 3.69. The molecule has 0 radical (unpaired) electrons. The molecule has 5 heteroatoms. The van der Waals surface area contributed by atoms with Crippen LogP contribution in [0.4, 0.5) is 11.5 Å². The van der Waals surface area contributed by atoms with Crippen molar-refractivity contribution in [3.63, 3.8) is 0 Å². The normalized spacial score (nSPS) is 12.9. The molecule has 3 aromatic rings. The smallest absolute Gasteiger partial charge is 0.256 e. The molecule has 1 aliphatic heterocycles. The third kappa shape index (κ3) is 2.85. The molecule has 1 N–H and O–H groups in total. The highest BCUT2D eigenvalue weighted by atomic mass is 16.2. The molecule has 2 aromatic carbocycles. The third-order valence-electron chi connectivity index (χ3n) is 4.46. The Labute approximate surface area is 145 Å². The number of hydrogen-bond acceptors (Lipinski definition) is 3. The van der Waals surface area contributed by atoms with Gasteiger partial charge < -0.3 is 10.2 Å². The van der Waals surface area contributed by atoms with E-state index in [2.05, 4.69) is 10.3 Å². The van der Waals surface area contributed by atoms with Gasteiger partial charge in [-0.2, -0.15) is 0 Å². The average Bonchev–Trinajstić information content (AvgIpc) is 3.05. The molecular weight excluding hydrogens is 314 g/mol. The van der Waals surface area contributed by atoms with Crippen LogP contribution in [0.3, 0.4) is 0 Å². The minimum atomic E-state index is -0.202. The fraction of sp³-hybridized carbons (Fsp3) is 0.150. The largest absolute Gasteiger partial charge is 0.312 e. The van der Waals surface area contributed by atoms with E-state index in [1.54, 1.807) is 24.0 Å². The van der Waals surface area contributed by atoms with Gasteiger partial charge in [0.15, 0.2) is 0 Å². The van der Waals surface area contributed by atoms with Crippen LogP contribution in [-0.4, -0.2) is 23.3 Å². The summed E-state index contributed by atoms with van der Waals surface area (Å²) in [6, 6.07) is 16.9. The van der Waals surface area contributed by atoms with E-state index >= 15 is 0 Å². The Morgan fingerprint density at radius 2 is 1.92 bits per heavy atom. The number of aromatic nitrogens is 1. The van der Waals surface area contributed by atoms with E-state index in [1.165, 1.54) is 0 Å². The molecule has 5 nitrogen and oxygen atoms in total. The maximum Gasteiger partial charge on any atom is 0.256 e. The van der Waals surface area contributed by atoms with Gasteiger partial charge in [-0.3, -0.25) is 9.59 Å². The van der Waals surface area contributed by atoms with Gasteiger partial charge in [0.1, 0.15) is 5.82 Å². The zero-order chi connectivity index (χ0) is 17.4. The molecule has 0 spiro atoms. The van der Waals surface area contributed by atoms with Gasteiger partial charge in [-0.15, -0.1) is 0 Å². The van der Waals surface area contributed by atoms with Crippen LogP contribution in [0.15, 0.2) is 54.6 Å². The molecule has 0 bridgehead atoms. The summed E-state index contributed by atoms with van der Waals surface area (Å²) >= 11 is 0. The van der Waals surface area contributed by atoms with Crippen LogP contribution in [0.5, 0.6) is 0 Å². The Bertz CT molecular complexity index is 997. The topological polar surface area (TPSA) is 62.3 Å². The minimum Gasteiger partial charge on any atom is -0.312 e. The number of fused-ring (bicyclic) bond motifs is 2. The first-order valence-electron chi connectivity index (χ1n) is 8.20. The van der Waals surface area contributed by atoms with Crippen molar-refractivity contribution in [2.75, 3.05) is 16.8 Å². The van der Waals surface area contributed by atoms with E-state index in [4.69, 9.17) is 0 Å². The monoisotopic (exact) mass is 331 g/mol. The van der Waals surface area contributed by atoms with Crippen molar-refractivity contribution in [2.45, 2.75) is 13.3 Å².